The fourth-order valence-electron chi connectivity index (χ4n) is 2.93. The minimum absolute atomic E-state index is 0.0206. The normalized spacial score (nSPS) is 12.1. The smallest absolute Gasteiger partial charge is 0.289 e. The van der Waals surface area contributed by atoms with Gasteiger partial charge in [0.15, 0.2) is 5.76 Å². The van der Waals surface area contributed by atoms with Crippen LogP contribution in [0.4, 0.5) is 0 Å². The zero-order valence-electron chi connectivity index (χ0n) is 17.0. The third kappa shape index (κ3) is 5.12. The first-order valence-corrected chi connectivity index (χ1v) is 10.9. The van der Waals surface area contributed by atoms with Gasteiger partial charge in [-0.1, -0.05) is 24.3 Å². The van der Waals surface area contributed by atoms with Gasteiger partial charge in [0.25, 0.3) is 5.91 Å². The number of nitrogens with zero attached hydrogens (tertiary/aromatic N) is 2. The Morgan fingerprint density at radius 1 is 1.19 bits per heavy atom. The first-order chi connectivity index (χ1) is 14.7. The summed E-state index contributed by atoms with van der Waals surface area (Å²) < 4.78 is 34.4. The number of hydrogen-bond donors (Lipinski definition) is 1. The first kappa shape index (κ1) is 22.1. The van der Waals surface area contributed by atoms with Crippen molar-refractivity contribution in [3.63, 3.8) is 0 Å². The van der Waals surface area contributed by atoms with Crippen LogP contribution in [0, 0.1) is 11.3 Å². The molecule has 2 N–H and O–H groups in total. The number of carbonyl (C=O) groups excluding carboxylic acids is 1. The van der Waals surface area contributed by atoms with Crippen molar-refractivity contribution >= 4 is 15.9 Å². The van der Waals surface area contributed by atoms with E-state index in [0.717, 1.165) is 0 Å². The quantitative estimate of drug-likeness (QED) is 0.602. The SMILES string of the molecule is CC(c1cccc(S(N)(=O)=O)c1)N(C)C(=O)c1ccc(COc2ccccc2C#N)o1. The summed E-state index contributed by atoms with van der Waals surface area (Å²) in [6, 6.07) is 17.8. The second-order valence-electron chi connectivity index (χ2n) is 6.87. The molecule has 31 heavy (non-hydrogen) atoms. The highest BCUT2D eigenvalue weighted by Gasteiger charge is 2.23. The number of carbonyl (C=O) groups is 1. The van der Waals surface area contributed by atoms with Crippen molar-refractivity contribution < 1.29 is 22.4 Å². The lowest BCUT2D eigenvalue weighted by Crippen LogP contribution is -2.29. The lowest BCUT2D eigenvalue weighted by molar-refractivity contribution is 0.0706. The largest absolute Gasteiger partial charge is 0.484 e. The number of ether oxygens (including phenoxy) is 1. The maximum Gasteiger partial charge on any atom is 0.289 e. The monoisotopic (exact) mass is 439 g/mol. The highest BCUT2D eigenvalue weighted by molar-refractivity contribution is 7.89. The van der Waals surface area contributed by atoms with E-state index >= 15 is 0 Å². The molecule has 0 radical (unpaired) electrons. The number of sulfonamides is 1. The van der Waals surface area contributed by atoms with E-state index in [-0.39, 0.29) is 23.2 Å². The molecule has 0 fully saturated rings. The standard InChI is InChI=1S/C22H21N3O5S/c1-15(16-7-5-8-19(12-16)31(24,27)28)25(2)22(26)21-11-10-18(30-21)14-29-20-9-4-3-6-17(20)13-23/h3-12,15H,14H2,1-2H3,(H2,24,27,28). The van der Waals surface area contributed by atoms with Gasteiger partial charge in [0.1, 0.15) is 24.2 Å². The summed E-state index contributed by atoms with van der Waals surface area (Å²) in [6.07, 6.45) is 0. The van der Waals surface area contributed by atoms with Gasteiger partial charge in [-0.3, -0.25) is 4.79 Å². The molecule has 0 aliphatic heterocycles. The molecule has 1 amide bonds. The van der Waals surface area contributed by atoms with Crippen LogP contribution in [0.3, 0.4) is 0 Å². The van der Waals surface area contributed by atoms with Crippen molar-refractivity contribution in [3.8, 4) is 11.8 Å². The van der Waals surface area contributed by atoms with E-state index in [1.54, 1.807) is 62.5 Å². The first-order valence-electron chi connectivity index (χ1n) is 9.31. The molecule has 0 saturated carbocycles. The van der Waals surface area contributed by atoms with Gasteiger partial charge in [0.05, 0.1) is 16.5 Å². The van der Waals surface area contributed by atoms with Gasteiger partial charge in [0.2, 0.25) is 10.0 Å². The van der Waals surface area contributed by atoms with Gasteiger partial charge in [-0.05, 0) is 48.9 Å². The second-order valence-corrected chi connectivity index (χ2v) is 8.43. The van der Waals surface area contributed by atoms with E-state index < -0.39 is 16.1 Å². The van der Waals surface area contributed by atoms with Gasteiger partial charge in [0, 0.05) is 7.05 Å². The van der Waals surface area contributed by atoms with Crippen molar-refractivity contribution in [2.24, 2.45) is 5.14 Å². The summed E-state index contributed by atoms with van der Waals surface area (Å²) in [5, 5.41) is 14.3. The van der Waals surface area contributed by atoms with Crippen molar-refractivity contribution in [2.75, 3.05) is 7.05 Å². The predicted molar refractivity (Wildman–Crippen MR) is 113 cm³/mol. The zero-order chi connectivity index (χ0) is 22.6. The molecule has 1 heterocycles. The van der Waals surface area contributed by atoms with Gasteiger partial charge in [-0.2, -0.15) is 5.26 Å². The van der Waals surface area contributed by atoms with Crippen LogP contribution in [-0.2, 0) is 16.6 Å². The molecule has 8 nitrogen and oxygen atoms in total. The Morgan fingerprint density at radius 2 is 1.94 bits per heavy atom. The Labute approximate surface area is 180 Å². The number of hydrogen-bond acceptors (Lipinski definition) is 6. The Bertz CT molecular complexity index is 1240. The molecule has 1 atom stereocenters. The number of benzene rings is 2. The van der Waals surface area contributed by atoms with E-state index in [9.17, 15) is 13.2 Å². The van der Waals surface area contributed by atoms with Crippen molar-refractivity contribution in [1.29, 1.82) is 5.26 Å². The number of para-hydroxylation sites is 1. The molecule has 1 aromatic heterocycles. The molecule has 0 aliphatic rings. The number of amides is 1. The van der Waals surface area contributed by atoms with Gasteiger partial charge in [-0.15, -0.1) is 0 Å². The van der Waals surface area contributed by atoms with Gasteiger partial charge < -0.3 is 14.1 Å². The van der Waals surface area contributed by atoms with Crippen molar-refractivity contribution in [1.82, 2.24) is 4.90 Å². The third-order valence-corrected chi connectivity index (χ3v) is 5.73. The van der Waals surface area contributed by atoms with E-state index in [4.69, 9.17) is 19.6 Å². The number of nitrogens with two attached hydrogens (primary N) is 1. The number of nitriles is 1. The van der Waals surface area contributed by atoms with Crippen LogP contribution in [0.25, 0.3) is 0 Å². The van der Waals surface area contributed by atoms with Gasteiger partial charge >= 0.3 is 0 Å². The summed E-state index contributed by atoms with van der Waals surface area (Å²) in [4.78, 5) is 14.3. The Morgan fingerprint density at radius 3 is 2.65 bits per heavy atom. The molecule has 0 bridgehead atoms. The molecule has 3 rings (SSSR count). The van der Waals surface area contributed by atoms with Crippen LogP contribution in [-0.4, -0.2) is 26.3 Å². The number of furan rings is 1. The van der Waals surface area contributed by atoms with Crippen LogP contribution in [0.1, 0.15) is 40.4 Å². The van der Waals surface area contributed by atoms with E-state index in [1.807, 2.05) is 6.07 Å². The maximum atomic E-state index is 12.8. The molecule has 9 heteroatoms. The van der Waals surface area contributed by atoms with Crippen LogP contribution < -0.4 is 9.88 Å². The topological polar surface area (TPSA) is 127 Å². The number of primary sulfonamides is 1. The summed E-state index contributed by atoms with van der Waals surface area (Å²) in [5.74, 6) is 0.587. The van der Waals surface area contributed by atoms with Crippen LogP contribution in [0.2, 0.25) is 0 Å². The third-order valence-electron chi connectivity index (χ3n) is 4.82. The molecule has 160 valence electrons. The molecular weight excluding hydrogens is 418 g/mol. The minimum atomic E-state index is -3.84. The van der Waals surface area contributed by atoms with Crippen LogP contribution >= 0.6 is 0 Å². The van der Waals surface area contributed by atoms with Crippen LogP contribution in [0.5, 0.6) is 5.75 Å². The molecule has 0 spiro atoms. The molecule has 0 aliphatic carbocycles. The van der Waals surface area contributed by atoms with Crippen molar-refractivity contribution in [2.45, 2.75) is 24.5 Å². The summed E-state index contributed by atoms with van der Waals surface area (Å²) >= 11 is 0. The zero-order valence-corrected chi connectivity index (χ0v) is 17.8. The summed E-state index contributed by atoms with van der Waals surface area (Å²) in [5.41, 5.74) is 1.02. The molecule has 2 aromatic carbocycles. The Balaban J connectivity index is 1.70. The van der Waals surface area contributed by atoms with E-state index in [1.165, 1.54) is 17.0 Å². The highest BCUT2D eigenvalue weighted by atomic mass is 32.2. The van der Waals surface area contributed by atoms with E-state index in [0.29, 0.717) is 22.6 Å². The summed E-state index contributed by atoms with van der Waals surface area (Å²) in [6.45, 7) is 1.83. The fourth-order valence-corrected chi connectivity index (χ4v) is 3.50. The average molecular weight is 439 g/mol. The average Bonchev–Trinajstić information content (AvgIpc) is 3.25. The minimum Gasteiger partial charge on any atom is -0.484 e. The second kappa shape index (κ2) is 9.04. The fraction of sp³-hybridized carbons (Fsp3) is 0.182. The molecule has 3 aromatic rings. The van der Waals surface area contributed by atoms with Crippen LogP contribution in [0.15, 0.2) is 70.0 Å². The lowest BCUT2D eigenvalue weighted by Gasteiger charge is -2.24. The predicted octanol–water partition coefficient (Wildman–Crippen LogP) is 3.21. The summed E-state index contributed by atoms with van der Waals surface area (Å²) in [7, 11) is -2.25. The highest BCUT2D eigenvalue weighted by Crippen LogP contribution is 2.24. The van der Waals surface area contributed by atoms with Gasteiger partial charge in [-0.25, -0.2) is 13.6 Å². The lowest BCUT2D eigenvalue weighted by atomic mass is 10.1. The number of rotatable bonds is 7. The Hall–Kier alpha value is -3.61. The Kier molecular flexibility index (Phi) is 6.44. The molecule has 1 unspecified atom stereocenters. The molecule has 0 saturated heterocycles. The van der Waals surface area contributed by atoms with E-state index in [2.05, 4.69) is 0 Å². The molecular formula is C22H21N3O5S. The maximum absolute atomic E-state index is 12.8. The van der Waals surface area contributed by atoms with Crippen molar-refractivity contribution in [3.05, 3.63) is 83.3 Å².